The molecule has 0 aliphatic rings. The van der Waals surface area contributed by atoms with Gasteiger partial charge in [0.1, 0.15) is 11.9 Å². The van der Waals surface area contributed by atoms with Crippen LogP contribution in [-0.2, 0) is 4.79 Å². The zero-order valence-electron chi connectivity index (χ0n) is 8.26. The van der Waals surface area contributed by atoms with Crippen LogP contribution in [0.15, 0.2) is 18.2 Å². The minimum atomic E-state index is -0.705. The molecule has 0 spiro atoms. The zero-order chi connectivity index (χ0) is 11.4. The molecule has 1 aromatic carbocycles. The standard InChI is InChI=1S/C10H12ClFN2O/c1-2-14-9(10(13)15)6-3-7(11)5-8(12)4-6/h3-5,9,14H,2H2,1H3,(H2,13,15). The highest BCUT2D eigenvalue weighted by Gasteiger charge is 2.17. The fourth-order valence-electron chi connectivity index (χ4n) is 1.33. The smallest absolute Gasteiger partial charge is 0.239 e. The highest BCUT2D eigenvalue weighted by atomic mass is 35.5. The Morgan fingerprint density at radius 2 is 2.27 bits per heavy atom. The highest BCUT2D eigenvalue weighted by molar-refractivity contribution is 6.30. The van der Waals surface area contributed by atoms with Gasteiger partial charge in [-0.05, 0) is 30.3 Å². The number of likely N-dealkylation sites (N-methyl/N-ethyl adjacent to an activating group) is 1. The van der Waals surface area contributed by atoms with Crippen molar-refractivity contribution < 1.29 is 9.18 Å². The van der Waals surface area contributed by atoms with Crippen molar-refractivity contribution in [1.29, 1.82) is 0 Å². The molecule has 0 fully saturated rings. The van der Waals surface area contributed by atoms with E-state index in [0.717, 1.165) is 0 Å². The number of carbonyl (C=O) groups is 1. The maximum atomic E-state index is 13.0. The molecule has 82 valence electrons. The summed E-state index contributed by atoms with van der Waals surface area (Å²) in [6, 6.07) is 3.23. The summed E-state index contributed by atoms with van der Waals surface area (Å²) in [6.45, 7) is 2.39. The van der Waals surface area contributed by atoms with E-state index in [1.807, 2.05) is 6.92 Å². The third-order valence-corrected chi connectivity index (χ3v) is 2.13. The molecule has 0 saturated carbocycles. The zero-order valence-corrected chi connectivity index (χ0v) is 9.01. The van der Waals surface area contributed by atoms with Crippen LogP contribution >= 0.6 is 11.6 Å². The number of nitrogens with one attached hydrogen (secondary N) is 1. The van der Waals surface area contributed by atoms with Crippen LogP contribution < -0.4 is 11.1 Å². The molecule has 1 rings (SSSR count). The Labute approximate surface area is 92.4 Å². The van der Waals surface area contributed by atoms with Crippen molar-refractivity contribution in [2.24, 2.45) is 5.73 Å². The van der Waals surface area contributed by atoms with Gasteiger partial charge in [-0.1, -0.05) is 18.5 Å². The molecule has 1 unspecified atom stereocenters. The van der Waals surface area contributed by atoms with Crippen LogP contribution in [0.2, 0.25) is 5.02 Å². The van der Waals surface area contributed by atoms with E-state index in [1.165, 1.54) is 18.2 Å². The van der Waals surface area contributed by atoms with Crippen LogP contribution in [0.4, 0.5) is 4.39 Å². The minimum Gasteiger partial charge on any atom is -0.368 e. The maximum absolute atomic E-state index is 13.0. The number of amides is 1. The second-order valence-corrected chi connectivity index (χ2v) is 3.53. The van der Waals surface area contributed by atoms with Gasteiger partial charge in [0.05, 0.1) is 0 Å². The van der Waals surface area contributed by atoms with Crippen molar-refractivity contribution in [3.63, 3.8) is 0 Å². The van der Waals surface area contributed by atoms with E-state index in [-0.39, 0.29) is 5.02 Å². The first-order valence-corrected chi connectivity index (χ1v) is 4.91. The third-order valence-electron chi connectivity index (χ3n) is 1.91. The number of hydrogen-bond acceptors (Lipinski definition) is 2. The van der Waals surface area contributed by atoms with E-state index in [1.54, 1.807) is 0 Å². The number of benzene rings is 1. The van der Waals surface area contributed by atoms with Gasteiger partial charge in [-0.15, -0.1) is 0 Å². The van der Waals surface area contributed by atoms with Crippen LogP contribution in [0.3, 0.4) is 0 Å². The predicted molar refractivity (Wildman–Crippen MR) is 57.0 cm³/mol. The summed E-state index contributed by atoms with van der Waals surface area (Å²) >= 11 is 5.68. The van der Waals surface area contributed by atoms with E-state index in [0.29, 0.717) is 12.1 Å². The maximum Gasteiger partial charge on any atom is 0.239 e. The van der Waals surface area contributed by atoms with Gasteiger partial charge >= 0.3 is 0 Å². The summed E-state index contributed by atoms with van der Waals surface area (Å²) in [5.74, 6) is -1.04. The average Bonchev–Trinajstić information content (AvgIpc) is 2.11. The topological polar surface area (TPSA) is 55.1 Å². The molecule has 1 atom stereocenters. The predicted octanol–water partition coefficient (Wildman–Crippen LogP) is 1.61. The van der Waals surface area contributed by atoms with E-state index in [9.17, 15) is 9.18 Å². The molecule has 1 amide bonds. The molecular weight excluding hydrogens is 219 g/mol. The normalized spacial score (nSPS) is 12.5. The Morgan fingerprint density at radius 3 is 2.73 bits per heavy atom. The van der Waals surface area contributed by atoms with Crippen molar-refractivity contribution in [2.45, 2.75) is 13.0 Å². The molecule has 0 bridgehead atoms. The molecule has 5 heteroatoms. The molecule has 0 aromatic heterocycles. The molecule has 0 aliphatic carbocycles. The summed E-state index contributed by atoms with van der Waals surface area (Å²) in [4.78, 5) is 11.1. The van der Waals surface area contributed by atoms with Gasteiger partial charge in [-0.25, -0.2) is 4.39 Å². The molecular formula is C10H12ClFN2O. The first-order valence-electron chi connectivity index (χ1n) is 4.53. The van der Waals surface area contributed by atoms with Crippen molar-refractivity contribution >= 4 is 17.5 Å². The average molecular weight is 231 g/mol. The van der Waals surface area contributed by atoms with Gasteiger partial charge in [-0.3, -0.25) is 4.79 Å². The van der Waals surface area contributed by atoms with Crippen molar-refractivity contribution in [3.8, 4) is 0 Å². The van der Waals surface area contributed by atoms with Gasteiger partial charge in [0.15, 0.2) is 0 Å². The Balaban J connectivity index is 3.05. The first-order chi connectivity index (χ1) is 7.04. The lowest BCUT2D eigenvalue weighted by atomic mass is 10.1. The van der Waals surface area contributed by atoms with E-state index in [2.05, 4.69) is 5.32 Å². The van der Waals surface area contributed by atoms with Crippen LogP contribution in [0.5, 0.6) is 0 Å². The lowest BCUT2D eigenvalue weighted by molar-refractivity contribution is -0.120. The molecule has 15 heavy (non-hydrogen) atoms. The Kier molecular flexibility index (Phi) is 4.05. The second-order valence-electron chi connectivity index (χ2n) is 3.10. The summed E-state index contributed by atoms with van der Waals surface area (Å²) in [6.07, 6.45) is 0. The number of carbonyl (C=O) groups excluding carboxylic acids is 1. The molecule has 0 heterocycles. The second kappa shape index (κ2) is 5.09. The number of rotatable bonds is 4. The lowest BCUT2D eigenvalue weighted by Gasteiger charge is -2.14. The van der Waals surface area contributed by atoms with Gasteiger partial charge < -0.3 is 11.1 Å². The largest absolute Gasteiger partial charge is 0.368 e. The van der Waals surface area contributed by atoms with Crippen molar-refractivity contribution in [2.75, 3.05) is 6.54 Å². The summed E-state index contributed by atoms with van der Waals surface area (Å²) in [5, 5.41) is 3.10. The number of hydrogen-bond donors (Lipinski definition) is 2. The molecule has 0 saturated heterocycles. The molecule has 3 nitrogen and oxygen atoms in total. The van der Waals surface area contributed by atoms with Crippen molar-refractivity contribution in [1.82, 2.24) is 5.32 Å². The first kappa shape index (κ1) is 11.9. The fraction of sp³-hybridized carbons (Fsp3) is 0.300. The number of nitrogens with two attached hydrogens (primary N) is 1. The van der Waals surface area contributed by atoms with Gasteiger partial charge in [0.2, 0.25) is 5.91 Å². The van der Waals surface area contributed by atoms with E-state index in [4.69, 9.17) is 17.3 Å². The third kappa shape index (κ3) is 3.18. The van der Waals surface area contributed by atoms with Gasteiger partial charge in [-0.2, -0.15) is 0 Å². The van der Waals surface area contributed by atoms with Crippen molar-refractivity contribution in [3.05, 3.63) is 34.6 Å². The highest BCUT2D eigenvalue weighted by Crippen LogP contribution is 2.19. The Hall–Kier alpha value is -1.13. The van der Waals surface area contributed by atoms with Gasteiger partial charge in [0.25, 0.3) is 0 Å². The minimum absolute atomic E-state index is 0.245. The molecule has 1 aromatic rings. The van der Waals surface area contributed by atoms with Crippen LogP contribution in [0.25, 0.3) is 0 Å². The Morgan fingerprint density at radius 1 is 1.60 bits per heavy atom. The van der Waals surface area contributed by atoms with E-state index < -0.39 is 17.8 Å². The fourth-order valence-corrected chi connectivity index (χ4v) is 1.56. The number of primary amides is 1. The quantitative estimate of drug-likeness (QED) is 0.826. The summed E-state index contributed by atoms with van der Waals surface area (Å²) in [5.41, 5.74) is 5.63. The summed E-state index contributed by atoms with van der Waals surface area (Å²) in [7, 11) is 0. The summed E-state index contributed by atoms with van der Waals surface area (Å²) < 4.78 is 13.0. The van der Waals surface area contributed by atoms with Crippen LogP contribution in [0, 0.1) is 5.82 Å². The lowest BCUT2D eigenvalue weighted by Crippen LogP contribution is -2.33. The monoisotopic (exact) mass is 230 g/mol. The van der Waals surface area contributed by atoms with Crippen LogP contribution in [-0.4, -0.2) is 12.5 Å². The number of halogens is 2. The van der Waals surface area contributed by atoms with Gasteiger partial charge in [0, 0.05) is 5.02 Å². The Bertz CT molecular complexity index is 350. The SMILES string of the molecule is CCNC(C(N)=O)c1cc(F)cc(Cl)c1. The molecule has 0 aliphatic heterocycles. The van der Waals surface area contributed by atoms with Crippen LogP contribution in [0.1, 0.15) is 18.5 Å². The van der Waals surface area contributed by atoms with E-state index >= 15 is 0 Å². The molecule has 3 N–H and O–H groups in total. The molecule has 0 radical (unpaired) electrons.